The maximum Gasteiger partial charge on any atom is 0.206 e. The summed E-state index contributed by atoms with van der Waals surface area (Å²) in [5, 5.41) is 9.27. The molecule has 0 aliphatic heterocycles. The smallest absolute Gasteiger partial charge is 0.206 e. The van der Waals surface area contributed by atoms with Crippen molar-refractivity contribution in [3.05, 3.63) is 35.6 Å². The number of alkyl halides is 1. The third-order valence-corrected chi connectivity index (χ3v) is 2.73. The van der Waals surface area contributed by atoms with Crippen molar-refractivity contribution in [1.82, 2.24) is 0 Å². The van der Waals surface area contributed by atoms with Crippen molar-refractivity contribution in [1.29, 1.82) is 0 Å². The maximum absolute atomic E-state index is 10.9. The fourth-order valence-corrected chi connectivity index (χ4v) is 1.59. The van der Waals surface area contributed by atoms with E-state index in [0.717, 1.165) is 5.94 Å². The van der Waals surface area contributed by atoms with Gasteiger partial charge < -0.3 is 9.90 Å². The van der Waals surface area contributed by atoms with Crippen molar-refractivity contribution in [2.45, 2.75) is 4.87 Å². The van der Waals surface area contributed by atoms with Crippen molar-refractivity contribution in [3.63, 3.8) is 0 Å². The van der Waals surface area contributed by atoms with E-state index in [9.17, 15) is 19.5 Å². The number of carbonyl (C=O) groups excluding carboxylic acids is 3. The van der Waals surface area contributed by atoms with Crippen molar-refractivity contribution < 1.29 is 40.6 Å². The van der Waals surface area contributed by atoms with E-state index in [1.54, 1.807) is 18.1 Å². The van der Waals surface area contributed by atoms with E-state index in [2.05, 4.69) is 0 Å². The number of hydrogen-bond donors (Lipinski definition) is 1. The van der Waals surface area contributed by atoms with Crippen LogP contribution in [0.5, 0.6) is 0 Å². The number of allylic oxidation sites excluding steroid dienone is 6. The molecule has 0 bridgehead atoms. The molecule has 0 saturated carbocycles. The summed E-state index contributed by atoms with van der Waals surface area (Å²) in [7, 11) is 0. The van der Waals surface area contributed by atoms with Crippen LogP contribution >= 0.6 is 11.6 Å². The van der Waals surface area contributed by atoms with Crippen LogP contribution in [0.3, 0.4) is 0 Å². The van der Waals surface area contributed by atoms with Crippen LogP contribution < -0.4 is 0 Å². The maximum atomic E-state index is 10.9. The molecule has 17 heavy (non-hydrogen) atoms. The van der Waals surface area contributed by atoms with Crippen LogP contribution in [-0.4, -0.2) is 28.1 Å². The number of halogens is 1. The molecule has 1 aliphatic rings. The van der Waals surface area contributed by atoms with Gasteiger partial charge in [0.2, 0.25) is 5.76 Å². The molecule has 4 nitrogen and oxygen atoms in total. The van der Waals surface area contributed by atoms with Crippen LogP contribution in [0.4, 0.5) is 0 Å². The zero-order valence-corrected chi connectivity index (χ0v) is 11.2. The molecule has 1 aliphatic carbocycles. The molecule has 0 spiro atoms. The molecule has 0 heterocycles. The predicted molar refractivity (Wildman–Crippen MR) is 57.5 cm³/mol. The zero-order chi connectivity index (χ0) is 12.2. The Morgan fingerprint density at radius 1 is 1.47 bits per heavy atom. The molecule has 2 unspecified atom stereocenters. The fourth-order valence-electron chi connectivity index (χ4n) is 1.36. The number of hydrogen-bond acceptors (Lipinski definition) is 4. The van der Waals surface area contributed by atoms with Gasteiger partial charge in [0.15, 0.2) is 10.8 Å². The second-order valence-corrected chi connectivity index (χ2v) is 3.74. The Morgan fingerprint density at radius 2 is 2.12 bits per heavy atom. The van der Waals surface area contributed by atoms with Crippen LogP contribution in [-0.2, 0) is 35.4 Å². The van der Waals surface area contributed by atoms with Crippen LogP contribution in [0.25, 0.3) is 0 Å². The second kappa shape index (κ2) is 6.54. The van der Waals surface area contributed by atoms with Crippen molar-refractivity contribution >= 4 is 29.8 Å². The number of aliphatic hydroxyl groups is 1. The average Bonchev–Trinajstić information content (AvgIpc) is 2.36. The largest absolute Gasteiger partial charge is 0.500 e. The van der Waals surface area contributed by atoms with Crippen LogP contribution in [0.1, 0.15) is 0 Å². The number of rotatable bonds is 3. The van der Waals surface area contributed by atoms with Crippen LogP contribution in [0.15, 0.2) is 35.6 Å². The summed E-state index contributed by atoms with van der Waals surface area (Å²) >= 11 is 5.82. The van der Waals surface area contributed by atoms with Gasteiger partial charge in [0, 0.05) is 32.6 Å². The Hall–Kier alpha value is -1.17. The molecule has 0 amide bonds. The molecule has 0 saturated heterocycles. The van der Waals surface area contributed by atoms with Crippen molar-refractivity contribution in [3.8, 4) is 0 Å². The Bertz CT molecular complexity index is 470. The van der Waals surface area contributed by atoms with E-state index in [1.165, 1.54) is 12.2 Å². The number of aldehydes is 1. The third-order valence-electron chi connectivity index (χ3n) is 2.23. The topological polar surface area (TPSA) is 71.4 Å². The molecule has 88 valence electrons. The molecular weight excluding hydrogens is 328 g/mol. The van der Waals surface area contributed by atoms with E-state index in [-0.39, 0.29) is 32.9 Å². The first kappa shape index (κ1) is 15.8. The average molecular weight is 335 g/mol. The first-order valence-corrected chi connectivity index (χ1v) is 4.67. The Labute approximate surface area is 117 Å². The minimum Gasteiger partial charge on any atom is -0.500 e. The van der Waals surface area contributed by atoms with Gasteiger partial charge in [-0.25, -0.2) is 9.59 Å². The zero-order valence-electron chi connectivity index (χ0n) is 8.42. The minimum atomic E-state index is -2.00. The predicted octanol–water partition coefficient (Wildman–Crippen LogP) is 0.934. The molecule has 1 rings (SSSR count). The monoisotopic (exact) mass is 336 g/mol. The van der Waals surface area contributed by atoms with Crippen molar-refractivity contribution in [2.75, 3.05) is 0 Å². The number of carbonyl (C=O) groups is 1. The second-order valence-electron chi connectivity index (χ2n) is 3.12. The Morgan fingerprint density at radius 3 is 2.59 bits per heavy atom. The summed E-state index contributed by atoms with van der Waals surface area (Å²) < 4.78 is 0. The van der Waals surface area contributed by atoms with Gasteiger partial charge in [-0.3, -0.25) is 0 Å². The normalized spacial score (nSPS) is 20.5. The van der Waals surface area contributed by atoms with Gasteiger partial charge in [-0.15, -0.1) is 11.6 Å². The van der Waals surface area contributed by atoms with Gasteiger partial charge in [-0.1, -0.05) is 18.2 Å². The molecule has 0 aromatic carbocycles. The van der Waals surface area contributed by atoms with Crippen LogP contribution in [0.2, 0.25) is 0 Å². The third kappa shape index (κ3) is 2.94. The summed E-state index contributed by atoms with van der Waals surface area (Å²) in [6.07, 6.45) is 6.12. The molecule has 0 aromatic rings. The fraction of sp³-hybridized carbons (Fsp3) is 0.182. The summed E-state index contributed by atoms with van der Waals surface area (Å²) in [6, 6.07) is 0. The van der Waals surface area contributed by atoms with E-state index in [4.69, 9.17) is 11.6 Å². The molecule has 6 heteroatoms. The van der Waals surface area contributed by atoms with E-state index < -0.39 is 16.6 Å². The van der Waals surface area contributed by atoms with Gasteiger partial charge in [0.1, 0.15) is 12.2 Å². The minimum absolute atomic E-state index is 0. The standard InChI is InChI=1S/C11H7ClO4.Mo/c12-11(7-15,10(16)6-14)9-4-2-1-3-8(9)5-13;/h1-4,7,9,16H;. The molecule has 0 aromatic heterocycles. The number of aliphatic hydroxyl groups excluding tert-OH is 1. The first-order valence-electron chi connectivity index (χ1n) is 4.29. The molecule has 0 radical (unpaired) electrons. The van der Waals surface area contributed by atoms with Crippen molar-refractivity contribution in [2.24, 2.45) is 5.92 Å². The molecular formula is C11H7ClMoO4. The van der Waals surface area contributed by atoms with Gasteiger partial charge >= 0.3 is 0 Å². The van der Waals surface area contributed by atoms with Gasteiger partial charge in [-0.05, 0) is 6.08 Å². The molecule has 0 fully saturated rings. The van der Waals surface area contributed by atoms with E-state index in [1.807, 2.05) is 0 Å². The van der Waals surface area contributed by atoms with E-state index >= 15 is 0 Å². The molecule has 1 N–H and O–H groups in total. The summed E-state index contributed by atoms with van der Waals surface area (Å²) in [4.78, 5) is 29.9. The molecule has 2 atom stereocenters. The SMILES string of the molecule is O=C=C1C=CC=CC1C(Cl)(C=O)C(O)=C=O.[Mo]. The summed E-state index contributed by atoms with van der Waals surface area (Å²) in [5.74, 6) is 0.869. The van der Waals surface area contributed by atoms with Gasteiger partial charge in [0.05, 0.1) is 0 Å². The Kier molecular flexibility index (Phi) is 6.09. The Balaban J connectivity index is 0.00000256. The quantitative estimate of drug-likeness (QED) is 0.274. The van der Waals surface area contributed by atoms with Gasteiger partial charge in [-0.2, -0.15) is 0 Å². The van der Waals surface area contributed by atoms with Gasteiger partial charge in [0.25, 0.3) is 0 Å². The van der Waals surface area contributed by atoms with Crippen LogP contribution in [0, 0.1) is 5.92 Å². The summed E-state index contributed by atoms with van der Waals surface area (Å²) in [6.45, 7) is 0. The summed E-state index contributed by atoms with van der Waals surface area (Å²) in [5.41, 5.74) is 0.0754. The van der Waals surface area contributed by atoms with E-state index in [0.29, 0.717) is 0 Å². The first-order chi connectivity index (χ1) is 7.60.